The number of hydrogen-bond acceptors (Lipinski definition) is 3. The van der Waals surface area contributed by atoms with Crippen LogP contribution in [0.3, 0.4) is 0 Å². The van der Waals surface area contributed by atoms with Crippen molar-refractivity contribution in [2.24, 2.45) is 5.92 Å². The fourth-order valence-electron chi connectivity index (χ4n) is 3.59. The van der Waals surface area contributed by atoms with Crippen LogP contribution in [0.1, 0.15) is 16.8 Å². The van der Waals surface area contributed by atoms with Crippen molar-refractivity contribution in [2.45, 2.75) is 6.42 Å². The lowest BCUT2D eigenvalue weighted by Crippen LogP contribution is -2.49. The molecule has 1 aromatic carbocycles. The summed E-state index contributed by atoms with van der Waals surface area (Å²) in [5, 5.41) is 1.09. The first-order chi connectivity index (χ1) is 11.3. The largest absolute Gasteiger partial charge is 0.381 e. The number of nitrogens with zero attached hydrogens (tertiary/aromatic N) is 2. The van der Waals surface area contributed by atoms with E-state index in [1.165, 1.54) is 6.42 Å². The fraction of sp³-hybridized carbons (Fsp3) is 0.500. The number of benzene rings is 1. The highest BCUT2D eigenvalue weighted by Gasteiger charge is 2.25. The van der Waals surface area contributed by atoms with Gasteiger partial charge in [0, 0.05) is 62.0 Å². The molecule has 2 aliphatic rings. The highest BCUT2D eigenvalue weighted by molar-refractivity contribution is 5.98. The first-order valence-corrected chi connectivity index (χ1v) is 8.46. The standard InChI is InChI=1S/C18H23N3O2/c22-18(16-1-2-17-15(11-16)3-5-19-17)21-8-6-20(7-9-21)12-14-4-10-23-13-14/h1-3,5,11,14,19H,4,6-10,12-13H2/t14-/m1/s1. The second-order valence-electron chi connectivity index (χ2n) is 6.60. The maximum atomic E-state index is 12.7. The first kappa shape index (κ1) is 14.7. The molecule has 23 heavy (non-hydrogen) atoms. The minimum absolute atomic E-state index is 0.150. The van der Waals surface area contributed by atoms with Crippen molar-refractivity contribution in [3.05, 3.63) is 36.0 Å². The molecule has 5 nitrogen and oxygen atoms in total. The minimum atomic E-state index is 0.150. The van der Waals surface area contributed by atoms with Crippen LogP contribution < -0.4 is 0 Å². The van der Waals surface area contributed by atoms with E-state index in [2.05, 4.69) is 9.88 Å². The van der Waals surface area contributed by atoms with E-state index in [9.17, 15) is 4.79 Å². The van der Waals surface area contributed by atoms with Gasteiger partial charge in [0.05, 0.1) is 6.61 Å². The molecule has 2 aliphatic heterocycles. The highest BCUT2D eigenvalue weighted by Crippen LogP contribution is 2.18. The zero-order valence-electron chi connectivity index (χ0n) is 13.3. The molecule has 0 saturated carbocycles. The van der Waals surface area contributed by atoms with Gasteiger partial charge in [-0.2, -0.15) is 0 Å². The summed E-state index contributed by atoms with van der Waals surface area (Å²) < 4.78 is 5.45. The van der Waals surface area contributed by atoms with Crippen LogP contribution >= 0.6 is 0 Å². The average Bonchev–Trinajstić information content (AvgIpc) is 3.25. The molecule has 1 aromatic heterocycles. The molecule has 0 bridgehead atoms. The molecule has 1 atom stereocenters. The normalized spacial score (nSPS) is 22.8. The lowest BCUT2D eigenvalue weighted by molar-refractivity contribution is 0.0611. The molecule has 3 heterocycles. The van der Waals surface area contributed by atoms with E-state index in [0.29, 0.717) is 5.92 Å². The Morgan fingerprint density at radius 3 is 2.87 bits per heavy atom. The molecular weight excluding hydrogens is 290 g/mol. The summed E-state index contributed by atoms with van der Waals surface area (Å²) in [6.45, 7) is 6.48. The Labute approximate surface area is 136 Å². The third-order valence-corrected chi connectivity index (χ3v) is 5.00. The zero-order chi connectivity index (χ0) is 15.6. The molecule has 1 amide bonds. The molecular formula is C18H23N3O2. The quantitative estimate of drug-likeness (QED) is 0.942. The van der Waals surface area contributed by atoms with Crippen molar-refractivity contribution in [3.8, 4) is 0 Å². The molecule has 0 aliphatic carbocycles. The predicted octanol–water partition coefficient (Wildman–Crippen LogP) is 1.96. The molecule has 2 saturated heterocycles. The van der Waals surface area contributed by atoms with E-state index >= 15 is 0 Å². The molecule has 0 radical (unpaired) electrons. The summed E-state index contributed by atoms with van der Waals surface area (Å²) >= 11 is 0. The molecule has 2 fully saturated rings. The van der Waals surface area contributed by atoms with Crippen molar-refractivity contribution < 1.29 is 9.53 Å². The van der Waals surface area contributed by atoms with Gasteiger partial charge in [-0.25, -0.2) is 0 Å². The summed E-state index contributed by atoms with van der Waals surface area (Å²) in [7, 11) is 0. The van der Waals surface area contributed by atoms with Gasteiger partial charge in [0.1, 0.15) is 0 Å². The van der Waals surface area contributed by atoms with E-state index in [1.54, 1.807) is 0 Å². The summed E-state index contributed by atoms with van der Waals surface area (Å²) in [4.78, 5) is 20.3. The summed E-state index contributed by atoms with van der Waals surface area (Å²) in [5.74, 6) is 0.824. The van der Waals surface area contributed by atoms with Crippen molar-refractivity contribution in [3.63, 3.8) is 0 Å². The van der Waals surface area contributed by atoms with E-state index in [0.717, 1.165) is 62.4 Å². The van der Waals surface area contributed by atoms with Crippen LogP contribution in [0.5, 0.6) is 0 Å². The summed E-state index contributed by atoms with van der Waals surface area (Å²) in [6, 6.07) is 7.90. The van der Waals surface area contributed by atoms with Gasteiger partial charge < -0.3 is 14.6 Å². The van der Waals surface area contributed by atoms with Gasteiger partial charge >= 0.3 is 0 Å². The Kier molecular flexibility index (Phi) is 4.06. The highest BCUT2D eigenvalue weighted by atomic mass is 16.5. The van der Waals surface area contributed by atoms with E-state index in [1.807, 2.05) is 35.4 Å². The van der Waals surface area contributed by atoms with Crippen LogP contribution in [0, 0.1) is 5.92 Å². The topological polar surface area (TPSA) is 48.6 Å². The number of fused-ring (bicyclic) bond motifs is 1. The maximum Gasteiger partial charge on any atom is 0.253 e. The number of carbonyl (C=O) groups excluding carboxylic acids is 1. The van der Waals surface area contributed by atoms with Crippen LogP contribution in [0.25, 0.3) is 10.9 Å². The Bertz CT molecular complexity index is 682. The van der Waals surface area contributed by atoms with Crippen molar-refractivity contribution in [1.29, 1.82) is 0 Å². The van der Waals surface area contributed by atoms with E-state index in [4.69, 9.17) is 4.74 Å². The van der Waals surface area contributed by atoms with E-state index < -0.39 is 0 Å². The third kappa shape index (κ3) is 3.12. The number of carbonyl (C=O) groups is 1. The molecule has 1 N–H and O–H groups in total. The molecule has 0 spiro atoms. The fourth-order valence-corrected chi connectivity index (χ4v) is 3.59. The zero-order valence-corrected chi connectivity index (χ0v) is 13.3. The number of aromatic nitrogens is 1. The monoisotopic (exact) mass is 313 g/mol. The van der Waals surface area contributed by atoms with Gasteiger partial charge in [0.2, 0.25) is 0 Å². The van der Waals surface area contributed by atoms with Crippen LogP contribution in [-0.4, -0.2) is 66.6 Å². The van der Waals surface area contributed by atoms with Crippen molar-refractivity contribution >= 4 is 16.8 Å². The number of rotatable bonds is 3. The molecule has 4 rings (SSSR count). The van der Waals surface area contributed by atoms with Crippen LogP contribution in [0.4, 0.5) is 0 Å². The Morgan fingerprint density at radius 1 is 1.22 bits per heavy atom. The number of ether oxygens (including phenoxy) is 1. The van der Waals surface area contributed by atoms with Gasteiger partial charge in [0.15, 0.2) is 0 Å². The van der Waals surface area contributed by atoms with Crippen molar-refractivity contribution in [2.75, 3.05) is 45.9 Å². The number of aromatic amines is 1. The number of nitrogens with one attached hydrogen (secondary N) is 1. The summed E-state index contributed by atoms with van der Waals surface area (Å²) in [6.07, 6.45) is 3.08. The second-order valence-corrected chi connectivity index (χ2v) is 6.60. The van der Waals surface area contributed by atoms with Gasteiger partial charge in [-0.05, 0) is 36.6 Å². The second kappa shape index (κ2) is 6.34. The van der Waals surface area contributed by atoms with Gasteiger partial charge in [-0.3, -0.25) is 9.69 Å². The van der Waals surface area contributed by atoms with Crippen LogP contribution in [0.15, 0.2) is 30.5 Å². The third-order valence-electron chi connectivity index (χ3n) is 5.00. The molecule has 122 valence electrons. The number of hydrogen-bond donors (Lipinski definition) is 1. The Balaban J connectivity index is 1.36. The minimum Gasteiger partial charge on any atom is -0.381 e. The number of piperazine rings is 1. The predicted molar refractivity (Wildman–Crippen MR) is 89.6 cm³/mol. The maximum absolute atomic E-state index is 12.7. The SMILES string of the molecule is O=C(c1ccc2[nH]ccc2c1)N1CCN(C[C@H]2CCOC2)CC1. The van der Waals surface area contributed by atoms with Crippen LogP contribution in [-0.2, 0) is 4.74 Å². The summed E-state index contributed by atoms with van der Waals surface area (Å²) in [5.41, 5.74) is 1.86. The Morgan fingerprint density at radius 2 is 2.09 bits per heavy atom. The average molecular weight is 313 g/mol. The number of H-pyrrole nitrogens is 1. The molecule has 0 unspecified atom stereocenters. The molecule has 2 aromatic rings. The van der Waals surface area contributed by atoms with E-state index in [-0.39, 0.29) is 5.91 Å². The lowest BCUT2D eigenvalue weighted by atomic mass is 10.1. The van der Waals surface area contributed by atoms with Crippen LogP contribution in [0.2, 0.25) is 0 Å². The van der Waals surface area contributed by atoms with Crippen molar-refractivity contribution in [1.82, 2.24) is 14.8 Å². The molecule has 5 heteroatoms. The van der Waals surface area contributed by atoms with Gasteiger partial charge in [0.25, 0.3) is 5.91 Å². The van der Waals surface area contributed by atoms with Gasteiger partial charge in [-0.15, -0.1) is 0 Å². The first-order valence-electron chi connectivity index (χ1n) is 8.46. The number of amides is 1. The van der Waals surface area contributed by atoms with Gasteiger partial charge in [-0.1, -0.05) is 0 Å². The lowest BCUT2D eigenvalue weighted by Gasteiger charge is -2.35. The Hall–Kier alpha value is -1.85. The smallest absolute Gasteiger partial charge is 0.253 e.